The second kappa shape index (κ2) is 5.49. The number of hydrogen-bond donors (Lipinski definition) is 1. The molecule has 0 unspecified atom stereocenters. The summed E-state index contributed by atoms with van der Waals surface area (Å²) >= 11 is 3.54. The summed E-state index contributed by atoms with van der Waals surface area (Å²) < 4.78 is 1.06. The fourth-order valence-electron chi connectivity index (χ4n) is 3.79. The predicted molar refractivity (Wildman–Crippen MR) is 93.6 cm³/mol. The third-order valence-corrected chi connectivity index (χ3v) is 5.29. The SMILES string of the molecule is O=[N+]([O-])c1ccccc1[C@@H]1Nc2ccc(Br)cc2[C@H]2C=CC[C@H]21. The van der Waals surface area contributed by atoms with Gasteiger partial charge in [-0.25, -0.2) is 0 Å². The lowest BCUT2D eigenvalue weighted by Crippen LogP contribution is -2.29. The summed E-state index contributed by atoms with van der Waals surface area (Å²) in [5.74, 6) is 0.603. The van der Waals surface area contributed by atoms with E-state index >= 15 is 0 Å². The van der Waals surface area contributed by atoms with E-state index in [1.54, 1.807) is 12.1 Å². The van der Waals surface area contributed by atoms with Crippen molar-refractivity contribution in [3.8, 4) is 0 Å². The summed E-state index contributed by atoms with van der Waals surface area (Å²) in [6, 6.07) is 13.2. The molecule has 2 aromatic carbocycles. The largest absolute Gasteiger partial charge is 0.377 e. The smallest absolute Gasteiger partial charge is 0.274 e. The number of halogens is 1. The molecule has 1 heterocycles. The second-order valence-electron chi connectivity index (χ2n) is 6.02. The zero-order chi connectivity index (χ0) is 16.0. The lowest BCUT2D eigenvalue weighted by Gasteiger charge is -2.37. The Morgan fingerprint density at radius 3 is 2.83 bits per heavy atom. The maximum atomic E-state index is 11.4. The van der Waals surface area contributed by atoms with Gasteiger partial charge in [0.2, 0.25) is 0 Å². The summed E-state index contributed by atoms with van der Waals surface area (Å²) in [6.45, 7) is 0. The van der Waals surface area contributed by atoms with Gasteiger partial charge in [0, 0.05) is 22.1 Å². The van der Waals surface area contributed by atoms with Crippen molar-refractivity contribution in [1.29, 1.82) is 0 Å². The molecule has 2 aromatic rings. The number of hydrogen-bond acceptors (Lipinski definition) is 3. The van der Waals surface area contributed by atoms with Crippen molar-refractivity contribution in [3.05, 3.63) is 80.3 Å². The van der Waals surface area contributed by atoms with E-state index in [1.807, 2.05) is 24.3 Å². The van der Waals surface area contributed by atoms with Gasteiger partial charge in [0.15, 0.2) is 0 Å². The fraction of sp³-hybridized carbons (Fsp3) is 0.222. The Bertz CT molecular complexity index is 818. The molecule has 5 heteroatoms. The molecule has 1 aliphatic carbocycles. The Morgan fingerprint density at radius 1 is 1.17 bits per heavy atom. The van der Waals surface area contributed by atoms with E-state index in [4.69, 9.17) is 0 Å². The first-order valence-electron chi connectivity index (χ1n) is 7.61. The van der Waals surface area contributed by atoms with Gasteiger partial charge in [-0.1, -0.05) is 46.3 Å². The third-order valence-electron chi connectivity index (χ3n) is 4.79. The molecule has 4 nitrogen and oxygen atoms in total. The van der Waals surface area contributed by atoms with Gasteiger partial charge < -0.3 is 5.32 Å². The van der Waals surface area contributed by atoms with Crippen molar-refractivity contribution in [3.63, 3.8) is 0 Å². The zero-order valence-corrected chi connectivity index (χ0v) is 13.9. The Hall–Kier alpha value is -2.14. The molecule has 4 rings (SSSR count). The van der Waals surface area contributed by atoms with Gasteiger partial charge >= 0.3 is 0 Å². The monoisotopic (exact) mass is 370 g/mol. The van der Waals surface area contributed by atoms with Crippen LogP contribution in [-0.2, 0) is 0 Å². The average Bonchev–Trinajstić information content (AvgIpc) is 3.04. The maximum absolute atomic E-state index is 11.4. The van der Waals surface area contributed by atoms with Gasteiger partial charge in [-0.15, -0.1) is 0 Å². The zero-order valence-electron chi connectivity index (χ0n) is 12.3. The maximum Gasteiger partial charge on any atom is 0.274 e. The number of nitro groups is 1. The quantitative estimate of drug-likeness (QED) is 0.449. The normalized spacial score (nSPS) is 24.7. The number of anilines is 1. The molecule has 116 valence electrons. The molecule has 0 saturated heterocycles. The minimum atomic E-state index is -0.286. The van der Waals surface area contributed by atoms with Crippen LogP contribution in [0.3, 0.4) is 0 Å². The van der Waals surface area contributed by atoms with E-state index in [2.05, 4.69) is 39.5 Å². The van der Waals surface area contributed by atoms with Crippen LogP contribution in [0.4, 0.5) is 11.4 Å². The third kappa shape index (κ3) is 2.36. The number of para-hydroxylation sites is 1. The summed E-state index contributed by atoms with van der Waals surface area (Å²) in [7, 11) is 0. The number of nitrogens with zero attached hydrogens (tertiary/aromatic N) is 1. The standard InChI is InChI=1S/C18H15BrN2O2/c19-11-8-9-16-15(10-11)12-5-3-6-13(12)18(20-16)14-4-1-2-7-17(14)21(22)23/h1-5,7-10,12-13,18,20H,6H2/t12-,13+,18+/m0/s1. The number of nitro benzene ring substituents is 1. The molecule has 0 aromatic heterocycles. The van der Waals surface area contributed by atoms with Crippen molar-refractivity contribution in [2.45, 2.75) is 18.4 Å². The van der Waals surface area contributed by atoms with Crippen molar-refractivity contribution < 1.29 is 4.92 Å². The van der Waals surface area contributed by atoms with Crippen molar-refractivity contribution in [1.82, 2.24) is 0 Å². The van der Waals surface area contributed by atoms with Gasteiger partial charge in [0.25, 0.3) is 5.69 Å². The van der Waals surface area contributed by atoms with Crippen LogP contribution in [0.2, 0.25) is 0 Å². The summed E-state index contributed by atoms with van der Waals surface area (Å²) in [5, 5.41) is 14.9. The van der Waals surface area contributed by atoms with Gasteiger partial charge in [-0.05, 0) is 36.1 Å². The highest BCUT2D eigenvalue weighted by molar-refractivity contribution is 9.10. The van der Waals surface area contributed by atoms with E-state index in [0.29, 0.717) is 11.8 Å². The van der Waals surface area contributed by atoms with Crippen LogP contribution in [0.25, 0.3) is 0 Å². The van der Waals surface area contributed by atoms with Gasteiger partial charge in [-0.2, -0.15) is 0 Å². The van der Waals surface area contributed by atoms with E-state index in [1.165, 1.54) is 5.56 Å². The lowest BCUT2D eigenvalue weighted by atomic mass is 9.77. The highest BCUT2D eigenvalue weighted by atomic mass is 79.9. The summed E-state index contributed by atoms with van der Waals surface area (Å²) in [4.78, 5) is 11.1. The first kappa shape index (κ1) is 14.5. The number of allylic oxidation sites excluding steroid dienone is 2. The minimum Gasteiger partial charge on any atom is -0.377 e. The van der Waals surface area contributed by atoms with E-state index in [9.17, 15) is 10.1 Å². The van der Waals surface area contributed by atoms with E-state index in [-0.39, 0.29) is 16.7 Å². The number of rotatable bonds is 2. The molecule has 0 bridgehead atoms. The van der Waals surface area contributed by atoms with Crippen molar-refractivity contribution in [2.75, 3.05) is 5.32 Å². The Labute approximate surface area is 142 Å². The predicted octanol–water partition coefficient (Wildman–Crippen LogP) is 5.18. The topological polar surface area (TPSA) is 55.2 Å². The first-order valence-corrected chi connectivity index (χ1v) is 8.40. The van der Waals surface area contributed by atoms with Gasteiger partial charge in [-0.3, -0.25) is 10.1 Å². The molecular weight excluding hydrogens is 356 g/mol. The van der Waals surface area contributed by atoms with Crippen LogP contribution in [0.5, 0.6) is 0 Å². The fourth-order valence-corrected chi connectivity index (χ4v) is 4.17. The van der Waals surface area contributed by atoms with Gasteiger partial charge in [0.05, 0.1) is 16.5 Å². The molecule has 0 amide bonds. The Balaban J connectivity index is 1.83. The van der Waals surface area contributed by atoms with Crippen LogP contribution >= 0.6 is 15.9 Å². The molecule has 2 aliphatic rings. The number of benzene rings is 2. The van der Waals surface area contributed by atoms with Gasteiger partial charge in [0.1, 0.15) is 0 Å². The first-order chi connectivity index (χ1) is 11.1. The van der Waals surface area contributed by atoms with Crippen LogP contribution in [0.15, 0.2) is 59.1 Å². The molecule has 0 spiro atoms. The van der Waals surface area contributed by atoms with E-state index < -0.39 is 0 Å². The average molecular weight is 371 g/mol. The van der Waals surface area contributed by atoms with Crippen LogP contribution in [0.1, 0.15) is 29.5 Å². The number of fused-ring (bicyclic) bond motifs is 3. The highest BCUT2D eigenvalue weighted by Gasteiger charge is 2.40. The molecule has 0 radical (unpaired) electrons. The molecule has 1 N–H and O–H groups in total. The summed E-state index contributed by atoms with van der Waals surface area (Å²) in [5.41, 5.74) is 3.28. The summed E-state index contributed by atoms with van der Waals surface area (Å²) in [6.07, 6.45) is 5.35. The molecule has 0 saturated carbocycles. The van der Waals surface area contributed by atoms with Crippen molar-refractivity contribution >= 4 is 27.3 Å². The molecule has 23 heavy (non-hydrogen) atoms. The van der Waals surface area contributed by atoms with Crippen LogP contribution in [-0.4, -0.2) is 4.92 Å². The minimum absolute atomic E-state index is 0.0507. The molecular formula is C18H15BrN2O2. The van der Waals surface area contributed by atoms with Crippen LogP contribution < -0.4 is 5.32 Å². The highest BCUT2D eigenvalue weighted by Crippen LogP contribution is 2.51. The van der Waals surface area contributed by atoms with Crippen molar-refractivity contribution in [2.24, 2.45) is 5.92 Å². The Morgan fingerprint density at radius 2 is 2.00 bits per heavy atom. The Kier molecular flexibility index (Phi) is 3.45. The number of nitrogens with one attached hydrogen (secondary N) is 1. The molecule has 1 aliphatic heterocycles. The van der Waals surface area contributed by atoms with E-state index in [0.717, 1.165) is 22.1 Å². The van der Waals surface area contributed by atoms with Crippen LogP contribution in [0, 0.1) is 16.0 Å². The molecule has 0 fully saturated rings. The second-order valence-corrected chi connectivity index (χ2v) is 6.94. The molecule has 3 atom stereocenters. The lowest BCUT2D eigenvalue weighted by molar-refractivity contribution is -0.385.